The van der Waals surface area contributed by atoms with E-state index in [4.69, 9.17) is 0 Å². The van der Waals surface area contributed by atoms with Gasteiger partial charge in [0, 0.05) is 0 Å². The number of amides is 1. The van der Waals surface area contributed by atoms with E-state index in [1.165, 1.54) is 12.8 Å². The van der Waals surface area contributed by atoms with Gasteiger partial charge in [-0.05, 0) is 30.9 Å². The van der Waals surface area contributed by atoms with E-state index in [-0.39, 0.29) is 5.91 Å². The van der Waals surface area contributed by atoms with Crippen molar-refractivity contribution in [3.63, 3.8) is 0 Å². The van der Waals surface area contributed by atoms with Gasteiger partial charge in [-0.1, -0.05) is 44.9 Å². The molecule has 0 aromatic heterocycles. The van der Waals surface area contributed by atoms with Crippen molar-refractivity contribution in [2.45, 2.75) is 46.0 Å². The van der Waals surface area contributed by atoms with Crippen LogP contribution in [0.5, 0.6) is 0 Å². The van der Waals surface area contributed by atoms with Gasteiger partial charge in [0.1, 0.15) is 0 Å². The quantitative estimate of drug-likeness (QED) is 0.759. The maximum atomic E-state index is 12.1. The van der Waals surface area contributed by atoms with Crippen LogP contribution in [0.1, 0.15) is 46.0 Å². The van der Waals surface area contributed by atoms with E-state index in [0.717, 1.165) is 24.2 Å². The van der Waals surface area contributed by atoms with Crippen molar-refractivity contribution in [1.29, 1.82) is 0 Å². The van der Waals surface area contributed by atoms with Crippen molar-refractivity contribution >= 4 is 17.3 Å². The Morgan fingerprint density at radius 2 is 2.00 bits per heavy atom. The average Bonchev–Trinajstić information content (AvgIpc) is 2.83. The van der Waals surface area contributed by atoms with Gasteiger partial charge < -0.3 is 0 Å². The van der Waals surface area contributed by atoms with Crippen molar-refractivity contribution in [1.82, 2.24) is 0 Å². The van der Waals surface area contributed by atoms with Crippen LogP contribution in [0.4, 0.5) is 5.69 Å². The van der Waals surface area contributed by atoms with Gasteiger partial charge in [-0.25, -0.2) is 5.01 Å². The predicted molar refractivity (Wildman–Crippen MR) is 79.3 cm³/mol. The van der Waals surface area contributed by atoms with E-state index in [9.17, 15) is 4.79 Å². The second-order valence-electron chi connectivity index (χ2n) is 5.06. The molecule has 2 rings (SSSR count). The van der Waals surface area contributed by atoms with Crippen LogP contribution >= 0.6 is 0 Å². The zero-order valence-corrected chi connectivity index (χ0v) is 11.8. The van der Waals surface area contributed by atoms with Crippen molar-refractivity contribution in [3.05, 3.63) is 30.3 Å². The average molecular weight is 258 g/mol. The maximum Gasteiger partial charge on any atom is 0.253 e. The zero-order valence-electron chi connectivity index (χ0n) is 11.8. The molecule has 0 radical (unpaired) electrons. The SMILES string of the molecule is CCCCC(CC)C1=NN(c2ccccc2)C(=O)C1. The minimum Gasteiger partial charge on any atom is -0.272 e. The second kappa shape index (κ2) is 6.50. The Morgan fingerprint density at radius 1 is 1.26 bits per heavy atom. The highest BCUT2D eigenvalue weighted by Crippen LogP contribution is 2.25. The summed E-state index contributed by atoms with van der Waals surface area (Å²) in [7, 11) is 0. The van der Waals surface area contributed by atoms with E-state index < -0.39 is 0 Å². The number of benzene rings is 1. The first kappa shape index (κ1) is 13.8. The standard InChI is InChI=1S/C16H22N2O/c1-3-5-9-13(4-2)15-12-16(19)18(17-15)14-10-7-6-8-11-14/h6-8,10-11,13H,3-5,9,12H2,1-2H3. The monoisotopic (exact) mass is 258 g/mol. The van der Waals surface area contributed by atoms with E-state index in [1.807, 2.05) is 30.3 Å². The Hall–Kier alpha value is -1.64. The molecule has 3 nitrogen and oxygen atoms in total. The molecule has 0 saturated carbocycles. The number of unbranched alkanes of at least 4 members (excludes halogenated alkanes) is 1. The highest BCUT2D eigenvalue weighted by atomic mass is 16.2. The maximum absolute atomic E-state index is 12.1. The van der Waals surface area contributed by atoms with E-state index in [2.05, 4.69) is 18.9 Å². The van der Waals surface area contributed by atoms with E-state index in [1.54, 1.807) is 5.01 Å². The van der Waals surface area contributed by atoms with Crippen LogP contribution in [0.25, 0.3) is 0 Å². The summed E-state index contributed by atoms with van der Waals surface area (Å²) < 4.78 is 0. The van der Waals surface area contributed by atoms with Crippen molar-refractivity contribution in [2.75, 3.05) is 5.01 Å². The van der Waals surface area contributed by atoms with Crippen LogP contribution in [-0.2, 0) is 4.79 Å². The molecule has 19 heavy (non-hydrogen) atoms. The third kappa shape index (κ3) is 3.22. The third-order valence-electron chi connectivity index (χ3n) is 3.67. The lowest BCUT2D eigenvalue weighted by Gasteiger charge is -2.13. The molecule has 0 spiro atoms. The summed E-state index contributed by atoms with van der Waals surface area (Å²) in [6.45, 7) is 4.38. The van der Waals surface area contributed by atoms with Crippen LogP contribution in [-0.4, -0.2) is 11.6 Å². The molecule has 1 aliphatic rings. The lowest BCUT2D eigenvalue weighted by molar-refractivity contribution is -0.116. The molecule has 0 saturated heterocycles. The van der Waals surface area contributed by atoms with Gasteiger partial charge in [0.2, 0.25) is 0 Å². The van der Waals surface area contributed by atoms with Crippen molar-refractivity contribution in [3.8, 4) is 0 Å². The fraction of sp³-hybridized carbons (Fsp3) is 0.500. The Labute approximate surface area is 115 Å². The highest BCUT2D eigenvalue weighted by molar-refractivity contribution is 6.13. The number of hydrazone groups is 1. The summed E-state index contributed by atoms with van der Waals surface area (Å²) in [5, 5.41) is 6.12. The topological polar surface area (TPSA) is 32.7 Å². The summed E-state index contributed by atoms with van der Waals surface area (Å²) in [4.78, 5) is 12.1. The molecule has 0 fully saturated rings. The predicted octanol–water partition coefficient (Wildman–Crippen LogP) is 4.00. The molecule has 1 aromatic rings. The van der Waals surface area contributed by atoms with Gasteiger partial charge >= 0.3 is 0 Å². The molecule has 102 valence electrons. The number of hydrogen-bond donors (Lipinski definition) is 0. The molecule has 1 aromatic carbocycles. The van der Waals surface area contributed by atoms with Crippen molar-refractivity contribution < 1.29 is 4.79 Å². The largest absolute Gasteiger partial charge is 0.272 e. The number of para-hydroxylation sites is 1. The first-order valence-corrected chi connectivity index (χ1v) is 7.21. The fourth-order valence-corrected chi connectivity index (χ4v) is 2.50. The van der Waals surface area contributed by atoms with Gasteiger partial charge in [-0.2, -0.15) is 5.10 Å². The summed E-state index contributed by atoms with van der Waals surface area (Å²) in [5.41, 5.74) is 1.93. The highest BCUT2D eigenvalue weighted by Gasteiger charge is 2.28. The summed E-state index contributed by atoms with van der Waals surface area (Å²) >= 11 is 0. The lowest BCUT2D eigenvalue weighted by Crippen LogP contribution is -2.19. The van der Waals surface area contributed by atoms with Gasteiger partial charge in [0.25, 0.3) is 5.91 Å². The first-order chi connectivity index (χ1) is 9.26. The number of anilines is 1. The van der Waals surface area contributed by atoms with Gasteiger partial charge in [-0.3, -0.25) is 4.79 Å². The molecular weight excluding hydrogens is 236 g/mol. The van der Waals surface area contributed by atoms with Gasteiger partial charge in [0.15, 0.2) is 0 Å². The summed E-state index contributed by atoms with van der Waals surface area (Å²) in [5.74, 6) is 0.550. The normalized spacial score (nSPS) is 16.6. The van der Waals surface area contributed by atoms with Gasteiger partial charge in [-0.15, -0.1) is 0 Å². The van der Waals surface area contributed by atoms with E-state index >= 15 is 0 Å². The number of carbonyl (C=O) groups is 1. The third-order valence-corrected chi connectivity index (χ3v) is 3.67. The molecule has 0 N–H and O–H groups in total. The van der Waals surface area contributed by atoms with Crippen LogP contribution in [0, 0.1) is 5.92 Å². The fourth-order valence-electron chi connectivity index (χ4n) is 2.50. The number of carbonyl (C=O) groups excluding carboxylic acids is 1. The van der Waals surface area contributed by atoms with Crippen molar-refractivity contribution in [2.24, 2.45) is 11.0 Å². The molecule has 0 aliphatic carbocycles. The minimum atomic E-state index is 0.0937. The molecule has 1 heterocycles. The Morgan fingerprint density at radius 3 is 2.63 bits per heavy atom. The Balaban J connectivity index is 2.13. The molecule has 1 aliphatic heterocycles. The van der Waals surface area contributed by atoms with Crippen LogP contribution in [0.15, 0.2) is 35.4 Å². The Kier molecular flexibility index (Phi) is 4.72. The second-order valence-corrected chi connectivity index (χ2v) is 5.06. The zero-order chi connectivity index (χ0) is 13.7. The molecule has 1 unspecified atom stereocenters. The molecule has 3 heteroatoms. The smallest absolute Gasteiger partial charge is 0.253 e. The van der Waals surface area contributed by atoms with Crippen LogP contribution < -0.4 is 5.01 Å². The summed E-state index contributed by atoms with van der Waals surface area (Å²) in [6.07, 6.45) is 5.09. The van der Waals surface area contributed by atoms with Gasteiger partial charge in [0.05, 0.1) is 17.8 Å². The molecule has 1 atom stereocenters. The Bertz CT molecular complexity index is 453. The molecule has 0 bridgehead atoms. The van der Waals surface area contributed by atoms with Crippen LogP contribution in [0.2, 0.25) is 0 Å². The lowest BCUT2D eigenvalue weighted by atomic mass is 9.92. The first-order valence-electron chi connectivity index (χ1n) is 7.21. The summed E-state index contributed by atoms with van der Waals surface area (Å²) in [6, 6.07) is 9.68. The molecular formula is C16H22N2O. The molecule has 1 amide bonds. The number of nitrogens with zero attached hydrogens (tertiary/aromatic N) is 2. The number of rotatable bonds is 6. The number of hydrogen-bond acceptors (Lipinski definition) is 2. The van der Waals surface area contributed by atoms with Crippen LogP contribution in [0.3, 0.4) is 0 Å². The minimum absolute atomic E-state index is 0.0937. The van der Waals surface area contributed by atoms with E-state index in [0.29, 0.717) is 12.3 Å².